The van der Waals surface area contributed by atoms with E-state index in [1.165, 1.54) is 19.3 Å². The minimum absolute atomic E-state index is 0.280. The summed E-state index contributed by atoms with van der Waals surface area (Å²) in [6, 6.07) is 6.82. The Morgan fingerprint density at radius 1 is 1.00 bits per heavy atom. The van der Waals surface area contributed by atoms with Gasteiger partial charge in [-0.25, -0.2) is 8.42 Å². The zero-order valence-corrected chi connectivity index (χ0v) is 12.7. The van der Waals surface area contributed by atoms with Crippen LogP contribution < -0.4 is 10.3 Å². The lowest BCUT2D eigenvalue weighted by molar-refractivity contribution is 0.555. The van der Waals surface area contributed by atoms with Crippen LogP contribution >= 0.6 is 0 Å². The third kappa shape index (κ3) is 4.35. The zero-order chi connectivity index (χ0) is 14.4. The third-order valence-corrected chi connectivity index (χ3v) is 4.73. The molecule has 1 aliphatic carbocycles. The van der Waals surface area contributed by atoms with E-state index in [-0.39, 0.29) is 4.90 Å². The highest BCUT2D eigenvalue weighted by molar-refractivity contribution is 7.89. The summed E-state index contributed by atoms with van der Waals surface area (Å²) in [6.45, 7) is 1.93. The van der Waals surface area contributed by atoms with Crippen LogP contribution in [0.15, 0.2) is 40.9 Å². The summed E-state index contributed by atoms with van der Waals surface area (Å²) in [6.07, 6.45) is 8.76. The van der Waals surface area contributed by atoms with Crippen molar-refractivity contribution in [1.29, 1.82) is 0 Å². The monoisotopic (exact) mass is 294 g/mol. The maximum atomic E-state index is 12.1. The second kappa shape index (κ2) is 6.90. The Hall–Kier alpha value is -1.33. The van der Waals surface area contributed by atoms with Gasteiger partial charge in [-0.2, -0.15) is 0 Å². The lowest BCUT2D eigenvalue weighted by atomic mass is 10.0. The average molecular weight is 294 g/mol. The van der Waals surface area contributed by atoms with Crippen molar-refractivity contribution in [2.45, 2.75) is 50.3 Å². The summed E-state index contributed by atoms with van der Waals surface area (Å²) in [4.78, 5) is 2.75. The van der Waals surface area contributed by atoms with E-state index in [0.717, 1.165) is 30.5 Å². The summed E-state index contributed by atoms with van der Waals surface area (Å²) < 4.78 is 24.3. The molecule has 0 bridgehead atoms. The van der Waals surface area contributed by atoms with Gasteiger partial charge in [0.15, 0.2) is 0 Å². The SMILES string of the molecule is Cc1ccc(S(=O)(=O)NNC2=CCCCCCC2)cc1. The van der Waals surface area contributed by atoms with Gasteiger partial charge < -0.3 is 5.43 Å². The van der Waals surface area contributed by atoms with Crippen molar-refractivity contribution in [3.63, 3.8) is 0 Å². The maximum absolute atomic E-state index is 12.1. The van der Waals surface area contributed by atoms with Gasteiger partial charge in [0.25, 0.3) is 10.0 Å². The van der Waals surface area contributed by atoms with E-state index in [2.05, 4.69) is 16.3 Å². The first kappa shape index (κ1) is 15.1. The van der Waals surface area contributed by atoms with E-state index < -0.39 is 10.0 Å². The number of aryl methyl sites for hydroxylation is 1. The smallest absolute Gasteiger partial charge is 0.257 e. The Morgan fingerprint density at radius 3 is 2.45 bits per heavy atom. The molecule has 1 aromatic carbocycles. The van der Waals surface area contributed by atoms with Crippen LogP contribution in [0.2, 0.25) is 0 Å². The molecule has 0 aliphatic heterocycles. The van der Waals surface area contributed by atoms with E-state index in [1.807, 2.05) is 6.92 Å². The third-order valence-electron chi connectivity index (χ3n) is 3.47. The van der Waals surface area contributed by atoms with E-state index in [1.54, 1.807) is 24.3 Å². The second-order valence-electron chi connectivity index (χ2n) is 5.23. The molecule has 0 heterocycles. The number of hydrogen-bond donors (Lipinski definition) is 2. The molecule has 0 amide bonds. The standard InChI is InChI=1S/C15H22N2O2S/c1-13-9-11-15(12-10-13)20(18,19)17-16-14-7-5-3-2-4-6-8-14/h7,9-12,16-17H,2-6,8H2,1H3. The first-order chi connectivity index (χ1) is 9.58. The second-order valence-corrected chi connectivity index (χ2v) is 6.91. The minimum Gasteiger partial charge on any atom is -0.312 e. The Morgan fingerprint density at radius 2 is 1.70 bits per heavy atom. The van der Waals surface area contributed by atoms with Gasteiger partial charge in [-0.3, -0.25) is 0 Å². The molecular formula is C15H22N2O2S. The molecule has 110 valence electrons. The molecule has 1 aromatic rings. The predicted octanol–water partition coefficient (Wildman–Crippen LogP) is 3.02. The molecule has 0 spiro atoms. The summed E-state index contributed by atoms with van der Waals surface area (Å²) in [5.74, 6) is 0. The Kier molecular flexibility index (Phi) is 5.20. The lowest BCUT2D eigenvalue weighted by Gasteiger charge is -2.15. The molecule has 2 rings (SSSR count). The van der Waals surface area contributed by atoms with Crippen LogP contribution in [0.1, 0.15) is 44.1 Å². The summed E-state index contributed by atoms with van der Waals surface area (Å²) >= 11 is 0. The molecule has 0 radical (unpaired) electrons. The van der Waals surface area contributed by atoms with E-state index in [0.29, 0.717) is 0 Å². The van der Waals surface area contributed by atoms with Gasteiger partial charge in [-0.05, 0) is 44.7 Å². The Labute approximate surface area is 121 Å². The minimum atomic E-state index is -3.50. The molecule has 0 saturated heterocycles. The van der Waals surface area contributed by atoms with Gasteiger partial charge in [0.05, 0.1) is 4.90 Å². The molecule has 0 saturated carbocycles. The topological polar surface area (TPSA) is 58.2 Å². The number of allylic oxidation sites excluding steroid dienone is 2. The van der Waals surface area contributed by atoms with E-state index >= 15 is 0 Å². The largest absolute Gasteiger partial charge is 0.312 e. The molecule has 0 unspecified atom stereocenters. The van der Waals surface area contributed by atoms with Gasteiger partial charge in [0.1, 0.15) is 0 Å². The van der Waals surface area contributed by atoms with Gasteiger partial charge in [-0.1, -0.05) is 36.6 Å². The average Bonchev–Trinajstić information content (AvgIpc) is 2.38. The molecule has 0 fully saturated rings. The molecule has 0 atom stereocenters. The van der Waals surface area contributed by atoms with Gasteiger partial charge in [-0.15, -0.1) is 4.83 Å². The summed E-state index contributed by atoms with van der Waals surface area (Å²) in [5, 5.41) is 0. The molecule has 5 heteroatoms. The van der Waals surface area contributed by atoms with Crippen molar-refractivity contribution in [3.05, 3.63) is 41.6 Å². The molecule has 0 aromatic heterocycles. The highest BCUT2D eigenvalue weighted by atomic mass is 32.2. The zero-order valence-electron chi connectivity index (χ0n) is 11.9. The molecule has 4 nitrogen and oxygen atoms in total. The number of nitrogens with one attached hydrogen (secondary N) is 2. The van der Waals surface area contributed by atoms with Crippen LogP contribution in [-0.2, 0) is 10.0 Å². The fraction of sp³-hybridized carbons (Fsp3) is 0.467. The molecule has 1 aliphatic rings. The van der Waals surface area contributed by atoms with Crippen molar-refractivity contribution in [2.75, 3.05) is 0 Å². The molecule has 20 heavy (non-hydrogen) atoms. The number of hydrogen-bond acceptors (Lipinski definition) is 3. The quantitative estimate of drug-likeness (QED) is 0.839. The number of benzene rings is 1. The van der Waals surface area contributed by atoms with Crippen LogP contribution in [0.25, 0.3) is 0 Å². The summed E-state index contributed by atoms with van der Waals surface area (Å²) in [7, 11) is -3.50. The van der Waals surface area contributed by atoms with Crippen LogP contribution in [0, 0.1) is 6.92 Å². The number of sulfonamides is 1. The van der Waals surface area contributed by atoms with Crippen LogP contribution in [0.3, 0.4) is 0 Å². The van der Waals surface area contributed by atoms with E-state index in [9.17, 15) is 8.42 Å². The van der Waals surface area contributed by atoms with Crippen molar-refractivity contribution >= 4 is 10.0 Å². The normalized spacial score (nSPS) is 16.9. The van der Waals surface area contributed by atoms with Gasteiger partial charge >= 0.3 is 0 Å². The first-order valence-electron chi connectivity index (χ1n) is 7.11. The van der Waals surface area contributed by atoms with Gasteiger partial charge in [0, 0.05) is 5.70 Å². The lowest BCUT2D eigenvalue weighted by Crippen LogP contribution is -2.36. The fourth-order valence-electron chi connectivity index (χ4n) is 2.21. The van der Waals surface area contributed by atoms with Crippen molar-refractivity contribution in [1.82, 2.24) is 10.3 Å². The first-order valence-corrected chi connectivity index (χ1v) is 8.60. The predicted molar refractivity (Wildman–Crippen MR) is 80.4 cm³/mol. The van der Waals surface area contributed by atoms with E-state index in [4.69, 9.17) is 0 Å². The van der Waals surface area contributed by atoms with Crippen LogP contribution in [0.5, 0.6) is 0 Å². The van der Waals surface area contributed by atoms with Gasteiger partial charge in [0.2, 0.25) is 0 Å². The molecular weight excluding hydrogens is 272 g/mol. The van der Waals surface area contributed by atoms with Crippen LogP contribution in [-0.4, -0.2) is 8.42 Å². The Bertz CT molecular complexity index is 562. The van der Waals surface area contributed by atoms with Crippen molar-refractivity contribution in [2.24, 2.45) is 0 Å². The Balaban J connectivity index is 1.99. The maximum Gasteiger partial charge on any atom is 0.257 e. The highest BCUT2D eigenvalue weighted by Crippen LogP contribution is 2.15. The fourth-order valence-corrected chi connectivity index (χ4v) is 3.09. The highest BCUT2D eigenvalue weighted by Gasteiger charge is 2.13. The van der Waals surface area contributed by atoms with Crippen molar-refractivity contribution < 1.29 is 8.42 Å². The number of rotatable bonds is 4. The van der Waals surface area contributed by atoms with Crippen molar-refractivity contribution in [3.8, 4) is 0 Å². The molecule has 2 N–H and O–H groups in total. The van der Waals surface area contributed by atoms with Crippen LogP contribution in [0.4, 0.5) is 0 Å². The summed E-state index contributed by atoms with van der Waals surface area (Å²) in [5.41, 5.74) is 4.88. The number of hydrazine groups is 1.